The second-order valence-electron chi connectivity index (χ2n) is 5.83. The van der Waals surface area contributed by atoms with Crippen LogP contribution in [0.5, 0.6) is 0 Å². The van der Waals surface area contributed by atoms with Crippen molar-refractivity contribution < 1.29 is 14.7 Å². The molecule has 1 aromatic rings. The van der Waals surface area contributed by atoms with Crippen molar-refractivity contribution in [2.24, 2.45) is 11.3 Å². The van der Waals surface area contributed by atoms with E-state index in [1.165, 1.54) is 0 Å². The van der Waals surface area contributed by atoms with Crippen LogP contribution in [-0.4, -0.2) is 17.0 Å². The number of hydrogen-bond acceptors (Lipinski definition) is 2. The van der Waals surface area contributed by atoms with E-state index < -0.39 is 5.97 Å². The van der Waals surface area contributed by atoms with Crippen LogP contribution in [0, 0.1) is 11.3 Å². The monoisotopic (exact) mass is 261 g/mol. The average molecular weight is 261 g/mol. The third-order valence-corrected chi connectivity index (χ3v) is 3.68. The van der Waals surface area contributed by atoms with Gasteiger partial charge in [0.25, 0.3) is 0 Å². The van der Waals surface area contributed by atoms with Gasteiger partial charge in [-0.2, -0.15) is 0 Å². The molecule has 1 atom stereocenters. The number of benzene rings is 1. The van der Waals surface area contributed by atoms with Gasteiger partial charge in [0.15, 0.2) is 0 Å². The van der Waals surface area contributed by atoms with Gasteiger partial charge < -0.3 is 10.4 Å². The van der Waals surface area contributed by atoms with Gasteiger partial charge in [0, 0.05) is 18.0 Å². The standard InChI is InChI=1S/C15H19NO3/c1-15(2)9-12(15)14(19)16-11-6-3-10(4-7-11)5-8-13(17)18/h3-4,6-7,12H,5,8-9H2,1-2H3,(H,16,19)(H,17,18)/t12-/m1/s1. The first kappa shape index (κ1) is 13.6. The second-order valence-corrected chi connectivity index (χ2v) is 5.83. The number of anilines is 1. The Bertz CT molecular complexity index is 491. The molecule has 0 heterocycles. The number of rotatable bonds is 5. The van der Waals surface area contributed by atoms with Crippen molar-refractivity contribution >= 4 is 17.6 Å². The Balaban J connectivity index is 1.88. The highest BCUT2D eigenvalue weighted by molar-refractivity contribution is 5.94. The maximum atomic E-state index is 11.9. The van der Waals surface area contributed by atoms with Crippen molar-refractivity contribution in [3.05, 3.63) is 29.8 Å². The summed E-state index contributed by atoms with van der Waals surface area (Å²) in [6, 6.07) is 7.36. The van der Waals surface area contributed by atoms with Gasteiger partial charge in [-0.25, -0.2) is 0 Å². The fourth-order valence-electron chi connectivity index (χ4n) is 2.15. The molecule has 102 valence electrons. The molecule has 0 radical (unpaired) electrons. The largest absolute Gasteiger partial charge is 0.481 e. The Morgan fingerprint density at radius 2 is 1.89 bits per heavy atom. The van der Waals surface area contributed by atoms with Crippen LogP contribution >= 0.6 is 0 Å². The Morgan fingerprint density at radius 3 is 2.37 bits per heavy atom. The van der Waals surface area contributed by atoms with Crippen molar-refractivity contribution in [1.82, 2.24) is 0 Å². The van der Waals surface area contributed by atoms with E-state index in [1.807, 2.05) is 24.3 Å². The predicted octanol–water partition coefficient (Wildman–Crippen LogP) is 2.69. The van der Waals surface area contributed by atoms with E-state index in [1.54, 1.807) is 0 Å². The normalized spacial score (nSPS) is 19.8. The van der Waals surface area contributed by atoms with Gasteiger partial charge in [-0.1, -0.05) is 26.0 Å². The highest BCUT2D eigenvalue weighted by Crippen LogP contribution is 2.51. The molecule has 1 aliphatic rings. The molecule has 0 bridgehead atoms. The zero-order valence-corrected chi connectivity index (χ0v) is 11.3. The van der Waals surface area contributed by atoms with Crippen molar-refractivity contribution in [2.45, 2.75) is 33.1 Å². The molecule has 0 unspecified atom stereocenters. The number of aliphatic carboxylic acids is 1. The summed E-state index contributed by atoms with van der Waals surface area (Å²) in [5.74, 6) is -0.615. The van der Waals surface area contributed by atoms with E-state index in [-0.39, 0.29) is 23.7 Å². The minimum Gasteiger partial charge on any atom is -0.481 e. The van der Waals surface area contributed by atoms with Gasteiger partial charge in [0.05, 0.1) is 0 Å². The number of amides is 1. The summed E-state index contributed by atoms with van der Waals surface area (Å²) in [6.45, 7) is 4.18. The smallest absolute Gasteiger partial charge is 0.303 e. The number of carbonyl (C=O) groups excluding carboxylic acids is 1. The maximum absolute atomic E-state index is 11.9. The number of aryl methyl sites for hydroxylation is 1. The molecule has 1 aromatic carbocycles. The van der Waals surface area contributed by atoms with Crippen LogP contribution in [0.2, 0.25) is 0 Å². The van der Waals surface area contributed by atoms with Crippen molar-refractivity contribution in [3.63, 3.8) is 0 Å². The van der Waals surface area contributed by atoms with Crippen molar-refractivity contribution in [2.75, 3.05) is 5.32 Å². The van der Waals surface area contributed by atoms with E-state index in [2.05, 4.69) is 19.2 Å². The molecule has 0 spiro atoms. The molecular formula is C15H19NO3. The van der Waals surface area contributed by atoms with E-state index in [9.17, 15) is 9.59 Å². The number of carboxylic acid groups (broad SMARTS) is 1. The summed E-state index contributed by atoms with van der Waals surface area (Å²) in [5.41, 5.74) is 1.87. The van der Waals surface area contributed by atoms with Gasteiger partial charge in [-0.05, 0) is 36.0 Å². The topological polar surface area (TPSA) is 66.4 Å². The Hall–Kier alpha value is -1.84. The number of carboxylic acids is 1. The molecule has 0 aromatic heterocycles. The molecule has 1 aliphatic carbocycles. The zero-order chi connectivity index (χ0) is 14.0. The lowest BCUT2D eigenvalue weighted by molar-refractivity contribution is -0.137. The summed E-state index contributed by atoms with van der Waals surface area (Å²) >= 11 is 0. The summed E-state index contributed by atoms with van der Waals surface area (Å²) in [7, 11) is 0. The molecule has 1 amide bonds. The van der Waals surface area contributed by atoms with Crippen LogP contribution in [-0.2, 0) is 16.0 Å². The van der Waals surface area contributed by atoms with Crippen LogP contribution in [0.15, 0.2) is 24.3 Å². The molecule has 0 aliphatic heterocycles. The fraction of sp³-hybridized carbons (Fsp3) is 0.467. The minimum absolute atomic E-state index is 0.0725. The summed E-state index contributed by atoms with van der Waals surface area (Å²) in [6.07, 6.45) is 1.58. The van der Waals surface area contributed by atoms with Gasteiger partial charge in [0.2, 0.25) is 5.91 Å². The van der Waals surface area contributed by atoms with E-state index >= 15 is 0 Å². The molecule has 1 fully saturated rings. The average Bonchev–Trinajstić information content (AvgIpc) is 2.98. The first-order valence-electron chi connectivity index (χ1n) is 6.50. The maximum Gasteiger partial charge on any atom is 0.303 e. The summed E-state index contributed by atoms with van der Waals surface area (Å²) in [4.78, 5) is 22.4. The zero-order valence-electron chi connectivity index (χ0n) is 11.3. The molecule has 2 rings (SSSR count). The molecule has 1 saturated carbocycles. The Morgan fingerprint density at radius 1 is 1.32 bits per heavy atom. The lowest BCUT2D eigenvalue weighted by Gasteiger charge is -2.07. The Labute approximate surface area is 112 Å². The van der Waals surface area contributed by atoms with E-state index in [0.717, 1.165) is 17.7 Å². The van der Waals surface area contributed by atoms with Crippen LogP contribution in [0.25, 0.3) is 0 Å². The number of hydrogen-bond donors (Lipinski definition) is 2. The lowest BCUT2D eigenvalue weighted by Crippen LogP contribution is -2.16. The quantitative estimate of drug-likeness (QED) is 0.856. The SMILES string of the molecule is CC1(C)C[C@@H]1C(=O)Nc1ccc(CCC(=O)O)cc1. The van der Waals surface area contributed by atoms with Gasteiger partial charge in [-0.15, -0.1) is 0 Å². The molecular weight excluding hydrogens is 242 g/mol. The van der Waals surface area contributed by atoms with Crippen molar-refractivity contribution in [1.29, 1.82) is 0 Å². The third kappa shape index (κ3) is 3.56. The lowest BCUT2D eigenvalue weighted by atomic mass is 10.1. The third-order valence-electron chi connectivity index (χ3n) is 3.68. The number of nitrogens with one attached hydrogen (secondary N) is 1. The molecule has 4 heteroatoms. The minimum atomic E-state index is -0.798. The highest BCUT2D eigenvalue weighted by atomic mass is 16.4. The van der Waals surface area contributed by atoms with Gasteiger partial charge >= 0.3 is 5.97 Å². The highest BCUT2D eigenvalue weighted by Gasteiger charge is 2.50. The predicted molar refractivity (Wildman–Crippen MR) is 72.9 cm³/mol. The van der Waals surface area contributed by atoms with Crippen LogP contribution < -0.4 is 5.32 Å². The molecule has 4 nitrogen and oxygen atoms in total. The summed E-state index contributed by atoms with van der Waals surface area (Å²) < 4.78 is 0. The summed E-state index contributed by atoms with van der Waals surface area (Å²) in [5, 5.41) is 11.5. The number of carbonyl (C=O) groups is 2. The molecule has 0 saturated heterocycles. The van der Waals surface area contributed by atoms with Crippen molar-refractivity contribution in [3.8, 4) is 0 Å². The second kappa shape index (κ2) is 5.03. The first-order chi connectivity index (χ1) is 8.88. The van der Waals surface area contributed by atoms with Crippen LogP contribution in [0.4, 0.5) is 5.69 Å². The molecule has 19 heavy (non-hydrogen) atoms. The van der Waals surface area contributed by atoms with Crippen LogP contribution in [0.3, 0.4) is 0 Å². The molecule has 2 N–H and O–H groups in total. The van der Waals surface area contributed by atoms with Gasteiger partial charge in [0.1, 0.15) is 0 Å². The van der Waals surface area contributed by atoms with E-state index in [0.29, 0.717) is 6.42 Å². The van der Waals surface area contributed by atoms with Gasteiger partial charge in [-0.3, -0.25) is 9.59 Å². The fourth-order valence-corrected chi connectivity index (χ4v) is 2.15. The Kier molecular flexibility index (Phi) is 3.60. The first-order valence-corrected chi connectivity index (χ1v) is 6.50. The van der Waals surface area contributed by atoms with Crippen LogP contribution in [0.1, 0.15) is 32.3 Å². The van der Waals surface area contributed by atoms with E-state index in [4.69, 9.17) is 5.11 Å².